The Morgan fingerprint density at radius 1 is 0.564 bits per heavy atom. The van der Waals surface area contributed by atoms with Crippen molar-refractivity contribution in [2.45, 2.75) is 209 Å². The van der Waals surface area contributed by atoms with Crippen molar-refractivity contribution in [2.75, 3.05) is 13.2 Å². The molecule has 0 spiro atoms. The third-order valence-corrected chi connectivity index (χ3v) is 10.5. The zero-order valence-corrected chi connectivity index (χ0v) is 31.3. The van der Waals surface area contributed by atoms with Crippen molar-refractivity contribution in [3.8, 4) is 0 Å². The lowest BCUT2D eigenvalue weighted by atomic mass is 9.54. The highest BCUT2D eigenvalue weighted by Gasteiger charge is 2.54. The van der Waals surface area contributed by atoms with E-state index in [1.807, 2.05) is 20.8 Å². The van der Waals surface area contributed by atoms with E-state index in [1.165, 1.54) is 19.3 Å². The summed E-state index contributed by atoms with van der Waals surface area (Å²) in [4.78, 5) is 35.0. The van der Waals surface area contributed by atoms with Gasteiger partial charge in [-0.25, -0.2) is 0 Å². The van der Waals surface area contributed by atoms with Crippen molar-refractivity contribution >= 4 is 17.9 Å². The molecule has 0 N–H and O–H groups in total. The molecule has 2 unspecified atom stereocenters. The normalized spacial score (nSPS) is 22.1. The summed E-state index contributed by atoms with van der Waals surface area (Å²) in [5.74, 6) is 1.32. The molecule has 13 heteroatoms. The Morgan fingerprint density at radius 2 is 0.891 bits per heavy atom. The van der Waals surface area contributed by atoms with Crippen LogP contribution in [0.2, 0.25) is 0 Å². The molecule has 0 aromatic carbocycles. The first-order chi connectivity index (χ1) is 22.1. The van der Waals surface area contributed by atoms with Gasteiger partial charge in [0, 0.05) is 0 Å². The topological polar surface area (TPSA) is 88.1 Å². The second kappa shape index (κ2) is 25.3. The molecule has 0 heterocycles. The van der Waals surface area contributed by atoms with Gasteiger partial charge in [-0.1, -0.05) is 65.3 Å². The van der Waals surface area contributed by atoms with E-state index in [4.69, 9.17) is 9.47 Å². The number of hydrogen-bond donors (Lipinski definition) is 0. The predicted molar refractivity (Wildman–Crippen MR) is 214 cm³/mol. The summed E-state index contributed by atoms with van der Waals surface area (Å²) in [5.41, 5.74) is -1.86. The molecule has 0 aliphatic heterocycles. The number of carbonyl (C=O) groups is 3. The standard InChI is InChI=1S/C16H26O2.C11H19F3O3.C9H15F3O2.6CH4/c1-4-15(2,3)14(17)18-16-8-11-5-12(9-16)7-13(6-11)10-16;1-5-10(3,4)9(15)17-7-6-16-8(2)11(12,13)14;1-5-8(3,4)7(13)14-6(2)9(10,11)12;;;;;;/h11-13H,4-10H2,1-3H3;8H,5-7H2,1-4H3;6H,5H2,1-4H3;6*1H4. The Balaban J connectivity index is -0.000000157. The molecule has 0 radical (unpaired) electrons. The van der Waals surface area contributed by atoms with Crippen LogP contribution >= 0.6 is 0 Å². The van der Waals surface area contributed by atoms with Gasteiger partial charge in [0.05, 0.1) is 22.9 Å². The first-order valence-corrected chi connectivity index (χ1v) is 17.5. The zero-order chi connectivity index (χ0) is 38.2. The van der Waals surface area contributed by atoms with Crippen LogP contribution in [0, 0.1) is 34.0 Å². The van der Waals surface area contributed by atoms with E-state index in [1.54, 1.807) is 34.6 Å². The monoisotopic (exact) mass is 815 g/mol. The molecule has 336 valence electrons. The van der Waals surface area contributed by atoms with Gasteiger partial charge in [-0.05, 0) is 131 Å². The third kappa shape index (κ3) is 20.3. The molecule has 2 atom stereocenters. The maximum Gasteiger partial charge on any atom is 0.425 e. The van der Waals surface area contributed by atoms with Crippen molar-refractivity contribution in [1.82, 2.24) is 0 Å². The molecule has 7 nitrogen and oxygen atoms in total. The van der Waals surface area contributed by atoms with Gasteiger partial charge in [0.25, 0.3) is 0 Å². The van der Waals surface area contributed by atoms with Crippen LogP contribution in [0.1, 0.15) is 179 Å². The molecule has 0 aromatic rings. The average Bonchev–Trinajstić information content (AvgIpc) is 2.97. The molecule has 4 aliphatic rings. The molecule has 4 bridgehead atoms. The highest BCUT2D eigenvalue weighted by Crippen LogP contribution is 2.57. The largest absolute Gasteiger partial charge is 0.463 e. The van der Waals surface area contributed by atoms with E-state index in [0.29, 0.717) is 12.8 Å². The minimum absolute atomic E-state index is 0. The molecular weight excluding hydrogens is 730 g/mol. The van der Waals surface area contributed by atoms with Gasteiger partial charge in [-0.3, -0.25) is 14.4 Å². The van der Waals surface area contributed by atoms with Gasteiger partial charge < -0.3 is 18.9 Å². The molecular formula is C42H84F6O7. The predicted octanol–water partition coefficient (Wildman–Crippen LogP) is 13.6. The van der Waals surface area contributed by atoms with Gasteiger partial charge in [-0.15, -0.1) is 0 Å². The Hall–Kier alpha value is -2.05. The fraction of sp³-hybridized carbons (Fsp3) is 0.929. The minimum Gasteiger partial charge on any atom is -0.463 e. The molecule has 55 heavy (non-hydrogen) atoms. The summed E-state index contributed by atoms with van der Waals surface area (Å²) in [6.45, 7) is 17.5. The number of alkyl halides is 6. The molecule has 0 aromatic heterocycles. The highest BCUT2D eigenvalue weighted by molar-refractivity contribution is 5.77. The number of ether oxygens (including phenoxy) is 4. The lowest BCUT2D eigenvalue weighted by Crippen LogP contribution is -2.53. The number of halogens is 6. The molecule has 4 fully saturated rings. The van der Waals surface area contributed by atoms with Crippen LogP contribution in [-0.4, -0.2) is 61.3 Å². The summed E-state index contributed by atoms with van der Waals surface area (Å²) in [7, 11) is 0. The lowest BCUT2D eigenvalue weighted by Gasteiger charge is -2.56. The fourth-order valence-electron chi connectivity index (χ4n) is 5.96. The lowest BCUT2D eigenvalue weighted by molar-refractivity contribution is -0.221. The van der Waals surface area contributed by atoms with Crippen LogP contribution in [0.3, 0.4) is 0 Å². The van der Waals surface area contributed by atoms with Crippen LogP contribution in [-0.2, 0) is 33.3 Å². The first kappa shape index (κ1) is 64.8. The van der Waals surface area contributed by atoms with Crippen molar-refractivity contribution in [3.05, 3.63) is 0 Å². The maximum atomic E-state index is 12.4. The van der Waals surface area contributed by atoms with Crippen LogP contribution in [0.4, 0.5) is 26.3 Å². The van der Waals surface area contributed by atoms with E-state index in [2.05, 4.69) is 16.4 Å². The van der Waals surface area contributed by atoms with Crippen molar-refractivity contribution in [2.24, 2.45) is 34.0 Å². The molecule has 0 saturated heterocycles. The highest BCUT2D eigenvalue weighted by atomic mass is 19.4. The van der Waals surface area contributed by atoms with Crippen molar-refractivity contribution in [3.63, 3.8) is 0 Å². The smallest absolute Gasteiger partial charge is 0.425 e. The van der Waals surface area contributed by atoms with E-state index < -0.39 is 47.3 Å². The van der Waals surface area contributed by atoms with Crippen LogP contribution < -0.4 is 0 Å². The molecule has 4 aliphatic carbocycles. The summed E-state index contributed by atoms with van der Waals surface area (Å²) >= 11 is 0. The van der Waals surface area contributed by atoms with E-state index >= 15 is 0 Å². The second-order valence-electron chi connectivity index (χ2n) is 16.0. The molecule has 4 rings (SSSR count). The molecule has 4 saturated carbocycles. The van der Waals surface area contributed by atoms with E-state index in [-0.39, 0.29) is 74.8 Å². The van der Waals surface area contributed by atoms with Gasteiger partial charge in [0.15, 0.2) is 12.2 Å². The van der Waals surface area contributed by atoms with E-state index in [9.17, 15) is 40.7 Å². The quantitative estimate of drug-likeness (QED) is 0.0839. The Kier molecular flexibility index (Phi) is 29.9. The summed E-state index contributed by atoms with van der Waals surface area (Å²) in [6, 6.07) is 0. The average molecular weight is 815 g/mol. The first-order valence-electron chi connectivity index (χ1n) is 17.5. The number of hydrogen-bond acceptors (Lipinski definition) is 7. The summed E-state index contributed by atoms with van der Waals surface area (Å²) in [5, 5.41) is 0. The van der Waals surface area contributed by atoms with Crippen molar-refractivity contribution < 1.29 is 59.7 Å². The third-order valence-electron chi connectivity index (χ3n) is 10.5. The summed E-state index contributed by atoms with van der Waals surface area (Å²) < 4.78 is 91.9. The van der Waals surface area contributed by atoms with Gasteiger partial charge >= 0.3 is 30.3 Å². The minimum atomic E-state index is -4.49. The van der Waals surface area contributed by atoms with Crippen LogP contribution in [0.15, 0.2) is 0 Å². The summed E-state index contributed by atoms with van der Waals surface area (Å²) in [6.07, 6.45) is -3.23. The van der Waals surface area contributed by atoms with E-state index in [0.717, 1.165) is 57.3 Å². The Morgan fingerprint density at radius 3 is 1.22 bits per heavy atom. The van der Waals surface area contributed by atoms with Gasteiger partial charge in [0.1, 0.15) is 12.2 Å². The van der Waals surface area contributed by atoms with Gasteiger partial charge in [-0.2, -0.15) is 26.3 Å². The molecule has 0 amide bonds. The van der Waals surface area contributed by atoms with Crippen molar-refractivity contribution in [1.29, 1.82) is 0 Å². The Bertz CT molecular complexity index is 1050. The van der Waals surface area contributed by atoms with Gasteiger partial charge in [0.2, 0.25) is 0 Å². The number of rotatable bonds is 12. The Labute approximate surface area is 333 Å². The zero-order valence-electron chi connectivity index (χ0n) is 31.3. The maximum absolute atomic E-state index is 12.4. The fourth-order valence-corrected chi connectivity index (χ4v) is 5.96. The number of carbonyl (C=O) groups excluding carboxylic acids is 3. The second-order valence-corrected chi connectivity index (χ2v) is 16.0. The van der Waals surface area contributed by atoms with Crippen LogP contribution in [0.25, 0.3) is 0 Å². The van der Waals surface area contributed by atoms with Crippen LogP contribution in [0.5, 0.6) is 0 Å². The number of esters is 3. The SMILES string of the molecule is C.C.C.C.C.C.CCC(C)(C)C(=O)OC(C)C(F)(F)F.CCC(C)(C)C(=O)OC12CC3CC(CC(C3)C1)C2.CCC(C)(C)C(=O)OCCOC(C)C(F)(F)F.